The maximum Gasteiger partial charge on any atom is 0.324 e. The van der Waals surface area contributed by atoms with Gasteiger partial charge in [-0.15, -0.1) is 0 Å². The standard InChI is InChI=1S/C11H13F4N3O3S/c1-16-22(20,21)8-4-2-3-7(5-8)18-10(19)17-6-11(14,15)9(12)13/h2-5,9,16H,6H2,1H3,(H2,17,18,19). The zero-order valence-electron chi connectivity index (χ0n) is 11.2. The summed E-state index contributed by atoms with van der Waals surface area (Å²) in [6, 6.07) is 3.78. The summed E-state index contributed by atoms with van der Waals surface area (Å²) in [5.41, 5.74) is -0.00538. The molecule has 0 atom stereocenters. The number of nitrogens with one attached hydrogen (secondary N) is 3. The number of carbonyl (C=O) groups excluding carboxylic acids is 1. The Labute approximate surface area is 123 Å². The average molecular weight is 343 g/mol. The van der Waals surface area contributed by atoms with E-state index in [1.807, 2.05) is 0 Å². The van der Waals surface area contributed by atoms with Crippen LogP contribution in [0.3, 0.4) is 0 Å². The molecule has 0 aromatic heterocycles. The number of alkyl halides is 4. The maximum atomic E-state index is 12.6. The maximum absolute atomic E-state index is 12.6. The molecule has 0 radical (unpaired) electrons. The molecule has 0 spiro atoms. The van der Waals surface area contributed by atoms with Crippen molar-refractivity contribution in [3.8, 4) is 0 Å². The van der Waals surface area contributed by atoms with E-state index in [0.29, 0.717) is 0 Å². The monoisotopic (exact) mass is 343 g/mol. The molecule has 0 saturated carbocycles. The molecule has 1 aromatic rings. The summed E-state index contributed by atoms with van der Waals surface area (Å²) in [5, 5.41) is 3.65. The van der Waals surface area contributed by atoms with Crippen molar-refractivity contribution < 1.29 is 30.8 Å². The van der Waals surface area contributed by atoms with Gasteiger partial charge in [-0.05, 0) is 25.2 Å². The second-order valence-electron chi connectivity index (χ2n) is 4.10. The van der Waals surface area contributed by atoms with E-state index in [1.165, 1.54) is 25.2 Å². The molecular formula is C11H13F4N3O3S. The zero-order valence-corrected chi connectivity index (χ0v) is 12.1. The fourth-order valence-corrected chi connectivity index (χ4v) is 2.08. The second-order valence-corrected chi connectivity index (χ2v) is 5.99. The number of hydrogen-bond acceptors (Lipinski definition) is 3. The first-order valence-corrected chi connectivity index (χ1v) is 7.31. The lowest BCUT2D eigenvalue weighted by Gasteiger charge is -2.16. The Morgan fingerprint density at radius 1 is 1.32 bits per heavy atom. The largest absolute Gasteiger partial charge is 0.332 e. The normalized spacial score (nSPS) is 12.3. The van der Waals surface area contributed by atoms with Gasteiger partial charge < -0.3 is 10.6 Å². The quantitative estimate of drug-likeness (QED) is 0.686. The number of sulfonamides is 1. The number of halogens is 4. The first-order valence-electron chi connectivity index (χ1n) is 5.83. The van der Waals surface area contributed by atoms with Gasteiger partial charge >= 0.3 is 18.4 Å². The van der Waals surface area contributed by atoms with Crippen LogP contribution in [0.25, 0.3) is 0 Å². The average Bonchev–Trinajstić information content (AvgIpc) is 2.45. The lowest BCUT2D eigenvalue weighted by atomic mass is 10.3. The van der Waals surface area contributed by atoms with Crippen LogP contribution in [0.5, 0.6) is 0 Å². The van der Waals surface area contributed by atoms with Crippen molar-refractivity contribution in [3.63, 3.8) is 0 Å². The van der Waals surface area contributed by atoms with E-state index in [0.717, 1.165) is 6.07 Å². The summed E-state index contributed by atoms with van der Waals surface area (Å²) >= 11 is 0. The van der Waals surface area contributed by atoms with Gasteiger partial charge in [0.05, 0.1) is 11.4 Å². The first-order chi connectivity index (χ1) is 10.1. The summed E-state index contributed by atoms with van der Waals surface area (Å²) in [4.78, 5) is 11.2. The molecule has 1 aromatic carbocycles. The molecule has 11 heteroatoms. The Bertz CT molecular complexity index is 637. The van der Waals surface area contributed by atoms with Crippen LogP contribution in [0, 0.1) is 0 Å². The molecule has 6 nitrogen and oxygen atoms in total. The van der Waals surface area contributed by atoms with Crippen molar-refractivity contribution in [2.24, 2.45) is 0 Å². The van der Waals surface area contributed by atoms with Gasteiger partial charge in [0.25, 0.3) is 0 Å². The van der Waals surface area contributed by atoms with E-state index >= 15 is 0 Å². The van der Waals surface area contributed by atoms with Gasteiger partial charge in [0.1, 0.15) is 0 Å². The van der Waals surface area contributed by atoms with Crippen LogP contribution in [0.4, 0.5) is 28.0 Å². The topological polar surface area (TPSA) is 87.3 Å². The van der Waals surface area contributed by atoms with Crippen LogP contribution in [0.15, 0.2) is 29.2 Å². The van der Waals surface area contributed by atoms with Crippen molar-refractivity contribution in [1.29, 1.82) is 0 Å². The Hall–Kier alpha value is -1.88. The summed E-state index contributed by atoms with van der Waals surface area (Å²) in [6.45, 7) is -1.55. The van der Waals surface area contributed by atoms with Crippen LogP contribution in [0.2, 0.25) is 0 Å². The fraction of sp³-hybridized carbons (Fsp3) is 0.364. The van der Waals surface area contributed by atoms with Crippen LogP contribution in [-0.2, 0) is 10.0 Å². The van der Waals surface area contributed by atoms with E-state index in [4.69, 9.17) is 0 Å². The highest BCUT2D eigenvalue weighted by Crippen LogP contribution is 2.21. The van der Waals surface area contributed by atoms with Crippen molar-refractivity contribution in [2.75, 3.05) is 18.9 Å². The zero-order chi connectivity index (χ0) is 17.0. The molecule has 1 rings (SSSR count). The molecule has 0 aliphatic heterocycles. The lowest BCUT2D eigenvalue weighted by Crippen LogP contribution is -2.42. The molecule has 0 saturated heterocycles. The lowest BCUT2D eigenvalue weighted by molar-refractivity contribution is -0.123. The molecule has 0 fully saturated rings. The van der Waals surface area contributed by atoms with Gasteiger partial charge in [-0.3, -0.25) is 0 Å². The van der Waals surface area contributed by atoms with Gasteiger partial charge in [0.15, 0.2) is 0 Å². The summed E-state index contributed by atoms with van der Waals surface area (Å²) < 4.78 is 74.3. The summed E-state index contributed by atoms with van der Waals surface area (Å²) in [7, 11) is -2.56. The van der Waals surface area contributed by atoms with E-state index in [1.54, 1.807) is 5.32 Å². The third-order valence-corrected chi connectivity index (χ3v) is 3.89. The smallest absolute Gasteiger partial charge is 0.324 e. The van der Waals surface area contributed by atoms with Gasteiger partial charge in [-0.2, -0.15) is 8.78 Å². The van der Waals surface area contributed by atoms with Crippen LogP contribution in [0.1, 0.15) is 0 Å². The minimum atomic E-state index is -4.35. The van der Waals surface area contributed by atoms with Gasteiger partial charge in [0, 0.05) is 5.69 Å². The predicted molar refractivity (Wildman–Crippen MR) is 70.7 cm³/mol. The molecule has 124 valence electrons. The minimum Gasteiger partial charge on any atom is -0.332 e. The molecule has 0 aliphatic carbocycles. The van der Waals surface area contributed by atoms with Crippen LogP contribution >= 0.6 is 0 Å². The molecule has 0 bridgehead atoms. The highest BCUT2D eigenvalue weighted by Gasteiger charge is 2.40. The minimum absolute atomic E-state index is 0.00538. The Kier molecular flexibility index (Phi) is 5.72. The molecule has 0 unspecified atom stereocenters. The summed E-state index contributed by atoms with van der Waals surface area (Å²) in [5.74, 6) is -4.35. The van der Waals surface area contributed by atoms with E-state index in [2.05, 4.69) is 10.0 Å². The molecule has 0 aliphatic rings. The first kappa shape index (κ1) is 18.2. The number of benzene rings is 1. The SMILES string of the molecule is CNS(=O)(=O)c1cccc(NC(=O)NCC(F)(F)C(F)F)c1. The highest BCUT2D eigenvalue weighted by molar-refractivity contribution is 7.89. The number of amides is 2. The number of rotatable bonds is 6. The van der Waals surface area contributed by atoms with E-state index in [9.17, 15) is 30.8 Å². The number of urea groups is 1. The van der Waals surface area contributed by atoms with E-state index < -0.39 is 34.9 Å². The summed E-state index contributed by atoms with van der Waals surface area (Å²) in [6.07, 6.45) is -3.91. The molecule has 2 amide bonds. The Morgan fingerprint density at radius 3 is 2.50 bits per heavy atom. The third kappa shape index (κ3) is 4.84. The van der Waals surface area contributed by atoms with Gasteiger partial charge in [-0.1, -0.05) is 6.07 Å². The van der Waals surface area contributed by atoms with Crippen molar-refractivity contribution in [1.82, 2.24) is 10.0 Å². The fourth-order valence-electron chi connectivity index (χ4n) is 1.31. The van der Waals surface area contributed by atoms with Crippen LogP contribution in [-0.4, -0.2) is 40.4 Å². The number of hydrogen-bond donors (Lipinski definition) is 3. The molecule has 3 N–H and O–H groups in total. The van der Waals surface area contributed by atoms with Gasteiger partial charge in [-0.25, -0.2) is 26.7 Å². The highest BCUT2D eigenvalue weighted by atomic mass is 32.2. The molecule has 0 heterocycles. The van der Waals surface area contributed by atoms with Crippen LogP contribution < -0.4 is 15.4 Å². The Morgan fingerprint density at radius 2 is 1.95 bits per heavy atom. The molecule has 22 heavy (non-hydrogen) atoms. The van der Waals surface area contributed by atoms with Crippen molar-refractivity contribution in [2.45, 2.75) is 17.2 Å². The second kappa shape index (κ2) is 6.92. The predicted octanol–water partition coefficient (Wildman–Crippen LogP) is 1.62. The third-order valence-electron chi connectivity index (χ3n) is 2.47. The van der Waals surface area contributed by atoms with Crippen molar-refractivity contribution in [3.05, 3.63) is 24.3 Å². The number of carbonyl (C=O) groups is 1. The molecular weight excluding hydrogens is 330 g/mol. The number of anilines is 1. The van der Waals surface area contributed by atoms with Crippen molar-refractivity contribution >= 4 is 21.7 Å². The van der Waals surface area contributed by atoms with E-state index in [-0.39, 0.29) is 10.6 Å². The Balaban J connectivity index is 2.72. The van der Waals surface area contributed by atoms with Gasteiger partial charge in [0.2, 0.25) is 10.0 Å².